The quantitative estimate of drug-likeness (QED) is 0.715. The predicted octanol–water partition coefficient (Wildman–Crippen LogP) is 4.12. The molecular weight excluding hydrogens is 196 g/mol. The SMILES string of the molecule is C/C=C\C=C/CCC(CC)c1nc[nH]c1C. The summed E-state index contributed by atoms with van der Waals surface area (Å²) in [6.45, 7) is 6.36. The average Bonchev–Trinajstić information content (AvgIpc) is 2.70. The molecule has 1 rings (SSSR count). The lowest BCUT2D eigenvalue weighted by molar-refractivity contribution is 0.596. The Morgan fingerprint density at radius 2 is 2.25 bits per heavy atom. The van der Waals surface area contributed by atoms with Crippen LogP contribution in [0.2, 0.25) is 0 Å². The van der Waals surface area contributed by atoms with E-state index in [-0.39, 0.29) is 0 Å². The zero-order chi connectivity index (χ0) is 11.8. The predicted molar refractivity (Wildman–Crippen MR) is 69.5 cm³/mol. The summed E-state index contributed by atoms with van der Waals surface area (Å²) in [5, 5.41) is 0. The number of imidazole rings is 1. The molecule has 1 aromatic rings. The van der Waals surface area contributed by atoms with Crippen LogP contribution in [0.3, 0.4) is 0 Å². The van der Waals surface area contributed by atoms with Crippen LogP contribution in [0, 0.1) is 6.92 Å². The van der Waals surface area contributed by atoms with Gasteiger partial charge in [0.1, 0.15) is 0 Å². The van der Waals surface area contributed by atoms with E-state index in [1.54, 1.807) is 6.33 Å². The van der Waals surface area contributed by atoms with Gasteiger partial charge in [0.05, 0.1) is 12.0 Å². The van der Waals surface area contributed by atoms with Crippen molar-refractivity contribution in [3.8, 4) is 0 Å². The second-order valence-electron chi connectivity index (χ2n) is 4.05. The number of hydrogen-bond donors (Lipinski definition) is 1. The van der Waals surface area contributed by atoms with Crippen LogP contribution in [0.4, 0.5) is 0 Å². The lowest BCUT2D eigenvalue weighted by Gasteiger charge is -2.11. The third-order valence-electron chi connectivity index (χ3n) is 2.87. The maximum atomic E-state index is 4.41. The normalized spacial score (nSPS) is 13.9. The molecule has 0 aromatic carbocycles. The first-order valence-corrected chi connectivity index (χ1v) is 6.07. The second-order valence-corrected chi connectivity index (χ2v) is 4.05. The summed E-state index contributed by atoms with van der Waals surface area (Å²) < 4.78 is 0. The van der Waals surface area contributed by atoms with Gasteiger partial charge in [0.2, 0.25) is 0 Å². The van der Waals surface area contributed by atoms with Crippen LogP contribution in [0.5, 0.6) is 0 Å². The molecule has 0 radical (unpaired) electrons. The van der Waals surface area contributed by atoms with Crippen LogP contribution >= 0.6 is 0 Å². The number of hydrogen-bond acceptors (Lipinski definition) is 1. The number of allylic oxidation sites excluding steroid dienone is 4. The van der Waals surface area contributed by atoms with Crippen LogP contribution in [0.15, 0.2) is 30.6 Å². The average molecular weight is 218 g/mol. The maximum Gasteiger partial charge on any atom is 0.0925 e. The monoisotopic (exact) mass is 218 g/mol. The molecule has 1 aromatic heterocycles. The fourth-order valence-electron chi connectivity index (χ4n) is 1.90. The first-order chi connectivity index (χ1) is 7.79. The molecule has 0 saturated heterocycles. The van der Waals surface area contributed by atoms with Gasteiger partial charge in [-0.15, -0.1) is 0 Å². The smallest absolute Gasteiger partial charge is 0.0925 e. The van der Waals surface area contributed by atoms with Gasteiger partial charge in [-0.2, -0.15) is 0 Å². The molecule has 0 bridgehead atoms. The van der Waals surface area contributed by atoms with Crippen LogP contribution in [-0.4, -0.2) is 9.97 Å². The summed E-state index contributed by atoms with van der Waals surface area (Å²) in [5.41, 5.74) is 2.45. The molecule has 0 aliphatic heterocycles. The van der Waals surface area contributed by atoms with E-state index >= 15 is 0 Å². The van der Waals surface area contributed by atoms with Gasteiger partial charge in [-0.25, -0.2) is 4.98 Å². The van der Waals surface area contributed by atoms with Crippen molar-refractivity contribution in [1.82, 2.24) is 9.97 Å². The fraction of sp³-hybridized carbons (Fsp3) is 0.500. The number of aromatic amines is 1. The highest BCUT2D eigenvalue weighted by molar-refractivity contribution is 5.14. The Hall–Kier alpha value is -1.31. The molecular formula is C14H22N2. The largest absolute Gasteiger partial charge is 0.348 e. The summed E-state index contributed by atoms with van der Waals surface area (Å²) >= 11 is 0. The molecule has 0 amide bonds. The Bertz CT molecular complexity index is 347. The minimum Gasteiger partial charge on any atom is -0.348 e. The van der Waals surface area contributed by atoms with Crippen LogP contribution in [0.1, 0.15) is 50.4 Å². The van der Waals surface area contributed by atoms with E-state index in [0.29, 0.717) is 5.92 Å². The van der Waals surface area contributed by atoms with Crippen molar-refractivity contribution in [3.05, 3.63) is 42.0 Å². The number of H-pyrrole nitrogens is 1. The van der Waals surface area contributed by atoms with Gasteiger partial charge < -0.3 is 4.98 Å². The van der Waals surface area contributed by atoms with Crippen molar-refractivity contribution < 1.29 is 0 Å². The molecule has 0 fully saturated rings. The highest BCUT2D eigenvalue weighted by atomic mass is 14.9. The first-order valence-electron chi connectivity index (χ1n) is 6.07. The van der Waals surface area contributed by atoms with E-state index in [1.807, 2.05) is 13.0 Å². The molecule has 1 unspecified atom stereocenters. The second kappa shape index (κ2) is 7.04. The van der Waals surface area contributed by atoms with E-state index in [4.69, 9.17) is 0 Å². The summed E-state index contributed by atoms with van der Waals surface area (Å²) in [4.78, 5) is 7.56. The first kappa shape index (κ1) is 12.8. The third-order valence-corrected chi connectivity index (χ3v) is 2.87. The highest BCUT2D eigenvalue weighted by Crippen LogP contribution is 2.24. The molecule has 1 heterocycles. The van der Waals surface area contributed by atoms with Gasteiger partial charge in [0, 0.05) is 11.6 Å². The Labute approximate surface area is 98.5 Å². The van der Waals surface area contributed by atoms with Gasteiger partial charge in [0.15, 0.2) is 0 Å². The minimum absolute atomic E-state index is 0.585. The minimum atomic E-state index is 0.585. The fourth-order valence-corrected chi connectivity index (χ4v) is 1.90. The maximum absolute atomic E-state index is 4.41. The van der Waals surface area contributed by atoms with E-state index in [0.717, 1.165) is 12.8 Å². The Kier molecular flexibility index (Phi) is 5.62. The third kappa shape index (κ3) is 3.69. The number of rotatable bonds is 6. The summed E-state index contributed by atoms with van der Waals surface area (Å²) in [7, 11) is 0. The summed E-state index contributed by atoms with van der Waals surface area (Å²) in [6, 6.07) is 0. The molecule has 0 aliphatic rings. The topological polar surface area (TPSA) is 28.7 Å². The van der Waals surface area contributed by atoms with Crippen molar-refractivity contribution >= 4 is 0 Å². The molecule has 0 saturated carbocycles. The summed E-state index contributed by atoms with van der Waals surface area (Å²) in [6.07, 6.45) is 13.7. The van der Waals surface area contributed by atoms with E-state index < -0.39 is 0 Å². The zero-order valence-corrected chi connectivity index (χ0v) is 10.5. The number of nitrogens with one attached hydrogen (secondary N) is 1. The van der Waals surface area contributed by atoms with Gasteiger partial charge in [-0.3, -0.25) is 0 Å². The number of aromatic nitrogens is 2. The van der Waals surface area contributed by atoms with Gasteiger partial charge >= 0.3 is 0 Å². The van der Waals surface area contributed by atoms with E-state index in [1.165, 1.54) is 17.8 Å². The van der Waals surface area contributed by atoms with Crippen molar-refractivity contribution in [2.75, 3.05) is 0 Å². The summed E-state index contributed by atoms with van der Waals surface area (Å²) in [5.74, 6) is 0.585. The van der Waals surface area contributed by atoms with Crippen LogP contribution in [0.25, 0.3) is 0 Å². The Balaban J connectivity index is 2.47. The highest BCUT2D eigenvalue weighted by Gasteiger charge is 2.12. The van der Waals surface area contributed by atoms with Gasteiger partial charge in [-0.05, 0) is 33.1 Å². The molecule has 88 valence electrons. The standard InChI is InChI=1S/C14H22N2/c1-4-6-7-8-9-10-13(5-2)14-12(3)15-11-16-14/h4,6-8,11,13H,5,9-10H2,1-3H3,(H,15,16)/b6-4-,8-7-. The zero-order valence-electron chi connectivity index (χ0n) is 10.5. The van der Waals surface area contributed by atoms with Crippen molar-refractivity contribution in [3.63, 3.8) is 0 Å². The lowest BCUT2D eigenvalue weighted by atomic mass is 9.95. The molecule has 0 aliphatic carbocycles. The van der Waals surface area contributed by atoms with Crippen molar-refractivity contribution in [2.24, 2.45) is 0 Å². The van der Waals surface area contributed by atoms with Crippen LogP contribution in [-0.2, 0) is 0 Å². The van der Waals surface area contributed by atoms with Crippen molar-refractivity contribution in [1.29, 1.82) is 0 Å². The van der Waals surface area contributed by atoms with Gasteiger partial charge in [0.25, 0.3) is 0 Å². The van der Waals surface area contributed by atoms with Crippen molar-refractivity contribution in [2.45, 2.75) is 46.0 Å². The molecule has 2 nitrogen and oxygen atoms in total. The lowest BCUT2D eigenvalue weighted by Crippen LogP contribution is -1.99. The molecule has 0 spiro atoms. The Morgan fingerprint density at radius 3 is 2.81 bits per heavy atom. The number of nitrogens with zero attached hydrogens (tertiary/aromatic N) is 1. The molecule has 2 heteroatoms. The van der Waals surface area contributed by atoms with E-state index in [9.17, 15) is 0 Å². The van der Waals surface area contributed by atoms with Crippen LogP contribution < -0.4 is 0 Å². The van der Waals surface area contributed by atoms with Gasteiger partial charge in [-0.1, -0.05) is 31.2 Å². The molecule has 1 atom stereocenters. The number of aryl methyl sites for hydroxylation is 1. The van der Waals surface area contributed by atoms with E-state index in [2.05, 4.69) is 42.0 Å². The molecule has 16 heavy (non-hydrogen) atoms. The Morgan fingerprint density at radius 1 is 1.44 bits per heavy atom. The molecule has 1 N–H and O–H groups in total.